The Morgan fingerprint density at radius 1 is 1.36 bits per heavy atom. The lowest BCUT2D eigenvalue weighted by molar-refractivity contribution is -0.127. The Kier molecular flexibility index (Phi) is 11.7. The molecular formula is C20H33IN4O2S. The number of hydrogen-bond donors (Lipinski definition) is 1. The number of methoxy groups -OCH3 is 1. The molecule has 1 unspecified atom stereocenters. The van der Waals surface area contributed by atoms with Crippen LogP contribution in [-0.4, -0.2) is 80.1 Å². The molecule has 1 fully saturated rings. The lowest BCUT2D eigenvalue weighted by Gasteiger charge is -2.34. The zero-order valence-corrected chi connectivity index (χ0v) is 20.5. The van der Waals surface area contributed by atoms with Crippen LogP contribution in [0.5, 0.6) is 5.75 Å². The Morgan fingerprint density at radius 3 is 2.68 bits per heavy atom. The number of nitrogens with zero attached hydrogens (tertiary/aromatic N) is 3. The minimum atomic E-state index is 0. The first-order chi connectivity index (χ1) is 13.0. The first-order valence-corrected chi connectivity index (χ1v) is 10.6. The van der Waals surface area contributed by atoms with E-state index in [2.05, 4.69) is 34.3 Å². The van der Waals surface area contributed by atoms with Gasteiger partial charge in [0.05, 0.1) is 7.11 Å². The van der Waals surface area contributed by atoms with Crippen LogP contribution in [0.3, 0.4) is 0 Å². The summed E-state index contributed by atoms with van der Waals surface area (Å²) in [5, 5.41) is 4.09. The molecule has 28 heavy (non-hydrogen) atoms. The van der Waals surface area contributed by atoms with E-state index >= 15 is 0 Å². The third-order valence-electron chi connectivity index (χ3n) is 4.61. The normalized spacial score (nSPS) is 16.9. The first-order valence-electron chi connectivity index (χ1n) is 9.51. The summed E-state index contributed by atoms with van der Waals surface area (Å²) in [5.41, 5.74) is 1.24. The highest BCUT2D eigenvalue weighted by Crippen LogP contribution is 2.21. The van der Waals surface area contributed by atoms with Crippen molar-refractivity contribution in [3.05, 3.63) is 29.8 Å². The minimum absolute atomic E-state index is 0. The quantitative estimate of drug-likeness (QED) is 0.341. The molecule has 1 heterocycles. The number of rotatable bonds is 7. The van der Waals surface area contributed by atoms with Crippen molar-refractivity contribution in [3.63, 3.8) is 0 Å². The minimum Gasteiger partial charge on any atom is -0.497 e. The highest BCUT2D eigenvalue weighted by molar-refractivity contribution is 14.0. The summed E-state index contributed by atoms with van der Waals surface area (Å²) in [6.45, 7) is 5.13. The number of likely N-dealkylation sites (N-methyl/N-ethyl adjacent to an activating group) is 1. The number of guanidine groups is 1. The van der Waals surface area contributed by atoms with E-state index in [4.69, 9.17) is 4.74 Å². The van der Waals surface area contributed by atoms with Crippen molar-refractivity contribution in [1.82, 2.24) is 15.1 Å². The van der Waals surface area contributed by atoms with Crippen LogP contribution in [0, 0.1) is 0 Å². The third-order valence-corrected chi connectivity index (χ3v) is 5.98. The van der Waals surface area contributed by atoms with Gasteiger partial charge < -0.3 is 19.9 Å². The molecule has 0 radical (unpaired) electrons. The molecule has 1 N–H and O–H groups in total. The Morgan fingerprint density at radius 2 is 2.07 bits per heavy atom. The highest BCUT2D eigenvalue weighted by Gasteiger charge is 2.22. The average molecular weight is 520 g/mol. The number of thioether (sulfide) groups is 1. The van der Waals surface area contributed by atoms with E-state index in [1.807, 2.05) is 23.9 Å². The standard InChI is InChI=1S/C20H32N4O2S.HI/c1-5-18-15-24(12-13-27-18)20(22-14-19(25)23(2)3)21-11-10-16-6-8-17(26-4)9-7-16;/h6-9,18H,5,10-15H2,1-4H3,(H,21,22);1H. The molecule has 8 heteroatoms. The number of amides is 1. The summed E-state index contributed by atoms with van der Waals surface area (Å²) >= 11 is 2.03. The predicted molar refractivity (Wildman–Crippen MR) is 129 cm³/mol. The van der Waals surface area contributed by atoms with Crippen molar-refractivity contribution < 1.29 is 9.53 Å². The van der Waals surface area contributed by atoms with Crippen LogP contribution in [0.2, 0.25) is 0 Å². The number of ether oxygens (including phenoxy) is 1. The molecule has 6 nitrogen and oxygen atoms in total. The molecule has 158 valence electrons. The van der Waals surface area contributed by atoms with Gasteiger partial charge in [-0.15, -0.1) is 24.0 Å². The lowest BCUT2D eigenvalue weighted by atomic mass is 10.1. The van der Waals surface area contributed by atoms with E-state index in [-0.39, 0.29) is 36.4 Å². The van der Waals surface area contributed by atoms with Crippen LogP contribution < -0.4 is 10.1 Å². The van der Waals surface area contributed by atoms with Crippen LogP contribution >= 0.6 is 35.7 Å². The zero-order valence-electron chi connectivity index (χ0n) is 17.3. The molecule has 1 aliphatic heterocycles. The van der Waals surface area contributed by atoms with Gasteiger partial charge in [0.25, 0.3) is 0 Å². The van der Waals surface area contributed by atoms with Gasteiger partial charge in [-0.2, -0.15) is 11.8 Å². The summed E-state index contributed by atoms with van der Waals surface area (Å²) in [4.78, 5) is 20.4. The maximum atomic E-state index is 12.0. The average Bonchev–Trinajstić information content (AvgIpc) is 2.70. The summed E-state index contributed by atoms with van der Waals surface area (Å²) in [7, 11) is 5.20. The molecule has 1 amide bonds. The van der Waals surface area contributed by atoms with E-state index in [0.717, 1.165) is 49.9 Å². The zero-order chi connectivity index (χ0) is 19.6. The monoisotopic (exact) mass is 520 g/mol. The maximum absolute atomic E-state index is 12.0. The van der Waals surface area contributed by atoms with Crippen LogP contribution in [0.1, 0.15) is 18.9 Å². The lowest BCUT2D eigenvalue weighted by Crippen LogP contribution is -2.48. The molecule has 1 saturated heterocycles. The van der Waals surface area contributed by atoms with Crippen molar-refractivity contribution in [2.24, 2.45) is 4.99 Å². The van der Waals surface area contributed by atoms with Gasteiger partial charge in [0, 0.05) is 44.7 Å². The van der Waals surface area contributed by atoms with Gasteiger partial charge in [-0.1, -0.05) is 19.1 Å². The molecule has 1 atom stereocenters. The van der Waals surface area contributed by atoms with E-state index in [0.29, 0.717) is 5.25 Å². The molecule has 0 spiro atoms. The number of aliphatic imine (C=N–C) groups is 1. The molecule has 2 rings (SSSR count). The van der Waals surface area contributed by atoms with Crippen LogP contribution in [0.15, 0.2) is 29.3 Å². The number of carbonyl (C=O) groups is 1. The summed E-state index contributed by atoms with van der Waals surface area (Å²) < 4.78 is 5.21. The van der Waals surface area contributed by atoms with Gasteiger partial charge in [0.1, 0.15) is 12.3 Å². The fourth-order valence-corrected chi connectivity index (χ4v) is 4.00. The number of carbonyl (C=O) groups excluding carboxylic acids is 1. The van der Waals surface area contributed by atoms with Crippen molar-refractivity contribution >= 4 is 47.6 Å². The molecular weight excluding hydrogens is 487 g/mol. The Labute approximate surface area is 190 Å². The van der Waals surface area contributed by atoms with E-state index in [1.165, 1.54) is 5.56 Å². The van der Waals surface area contributed by atoms with Crippen LogP contribution in [0.25, 0.3) is 0 Å². The molecule has 1 aromatic carbocycles. The van der Waals surface area contributed by atoms with Gasteiger partial charge in [-0.3, -0.25) is 4.79 Å². The third kappa shape index (κ3) is 8.06. The van der Waals surface area contributed by atoms with Gasteiger partial charge in [-0.05, 0) is 30.5 Å². The van der Waals surface area contributed by atoms with Crippen molar-refractivity contribution in [2.75, 3.05) is 53.1 Å². The van der Waals surface area contributed by atoms with Crippen LogP contribution in [-0.2, 0) is 11.2 Å². The fourth-order valence-electron chi connectivity index (χ4n) is 2.82. The smallest absolute Gasteiger partial charge is 0.243 e. The van der Waals surface area contributed by atoms with Crippen molar-refractivity contribution in [3.8, 4) is 5.75 Å². The largest absolute Gasteiger partial charge is 0.497 e. The van der Waals surface area contributed by atoms with Gasteiger partial charge >= 0.3 is 0 Å². The summed E-state index contributed by atoms with van der Waals surface area (Å²) in [6.07, 6.45) is 2.04. The summed E-state index contributed by atoms with van der Waals surface area (Å²) in [6, 6.07) is 8.12. The second kappa shape index (κ2) is 13.1. The Balaban J connectivity index is 0.00000392. The second-order valence-electron chi connectivity index (χ2n) is 6.80. The van der Waals surface area contributed by atoms with E-state index in [9.17, 15) is 4.79 Å². The Bertz CT molecular complexity index is 625. The number of benzene rings is 1. The van der Waals surface area contributed by atoms with E-state index in [1.54, 1.807) is 26.1 Å². The molecule has 0 bridgehead atoms. The molecule has 1 aliphatic rings. The topological polar surface area (TPSA) is 57.2 Å². The SMILES string of the molecule is CCC1CN(C(=NCC(=O)N(C)C)NCCc2ccc(OC)cc2)CCS1.I. The van der Waals surface area contributed by atoms with E-state index < -0.39 is 0 Å². The molecule has 0 aliphatic carbocycles. The fraction of sp³-hybridized carbons (Fsp3) is 0.600. The van der Waals surface area contributed by atoms with Crippen LogP contribution in [0.4, 0.5) is 0 Å². The number of hydrogen-bond acceptors (Lipinski definition) is 4. The predicted octanol–water partition coefficient (Wildman–Crippen LogP) is 2.72. The highest BCUT2D eigenvalue weighted by atomic mass is 127. The first kappa shape index (κ1) is 24.9. The maximum Gasteiger partial charge on any atom is 0.243 e. The second-order valence-corrected chi connectivity index (χ2v) is 8.21. The molecule has 0 saturated carbocycles. The van der Waals surface area contributed by atoms with Gasteiger partial charge in [0.2, 0.25) is 5.91 Å². The van der Waals surface area contributed by atoms with Gasteiger partial charge in [0.15, 0.2) is 5.96 Å². The Hall–Kier alpha value is -1.16. The number of nitrogens with one attached hydrogen (secondary N) is 1. The number of halogens is 1. The van der Waals surface area contributed by atoms with Gasteiger partial charge in [-0.25, -0.2) is 4.99 Å². The summed E-state index contributed by atoms with van der Waals surface area (Å²) in [5.74, 6) is 2.83. The molecule has 0 aromatic heterocycles. The van der Waals surface area contributed by atoms with Crippen molar-refractivity contribution in [2.45, 2.75) is 25.0 Å². The van der Waals surface area contributed by atoms with Crippen molar-refractivity contribution in [1.29, 1.82) is 0 Å². The molecule has 1 aromatic rings.